The van der Waals surface area contributed by atoms with Crippen molar-refractivity contribution >= 4 is 11.7 Å². The van der Waals surface area contributed by atoms with Gasteiger partial charge < -0.3 is 24.1 Å². The van der Waals surface area contributed by atoms with Crippen LogP contribution in [0.5, 0.6) is 0 Å². The third-order valence-corrected chi connectivity index (χ3v) is 5.54. The zero-order valence-corrected chi connectivity index (χ0v) is 16.2. The Bertz CT molecular complexity index is 885. The van der Waals surface area contributed by atoms with Crippen molar-refractivity contribution in [3.8, 4) is 0 Å². The molecule has 0 radical (unpaired) electrons. The monoisotopic (exact) mass is 397 g/mol. The summed E-state index contributed by atoms with van der Waals surface area (Å²) in [5.74, 6) is -1.35. The number of ether oxygens (including phenoxy) is 1. The second-order valence-electron chi connectivity index (χ2n) is 7.35. The molecule has 1 atom stereocenters. The van der Waals surface area contributed by atoms with Gasteiger partial charge in [0.25, 0.3) is 5.91 Å². The Morgan fingerprint density at radius 2 is 1.90 bits per heavy atom. The van der Waals surface area contributed by atoms with Crippen molar-refractivity contribution in [1.82, 2.24) is 4.90 Å². The molecule has 0 bridgehead atoms. The molecule has 2 aliphatic heterocycles. The molecule has 4 rings (SSSR count). The van der Waals surface area contributed by atoms with Crippen LogP contribution in [0, 0.1) is 0 Å². The number of nitrogens with zero attached hydrogens (tertiary/aromatic N) is 1. The number of hydrogen-bond acceptors (Lipinski definition) is 5. The van der Waals surface area contributed by atoms with Crippen LogP contribution < -0.4 is 4.90 Å². The van der Waals surface area contributed by atoms with Gasteiger partial charge in [-0.05, 0) is 17.7 Å². The minimum absolute atomic E-state index is 0.0786. The minimum atomic E-state index is -0.624. The number of carbonyl (C=O) groups excluding carboxylic acids is 2. The highest BCUT2D eigenvalue weighted by atomic mass is 16.5. The van der Waals surface area contributed by atoms with Crippen LogP contribution in [0.1, 0.15) is 28.6 Å². The van der Waals surface area contributed by atoms with Crippen molar-refractivity contribution in [3.63, 3.8) is 0 Å². The first-order valence-electron chi connectivity index (χ1n) is 9.95. The average Bonchev–Trinajstić information content (AvgIpc) is 3.38. The molecule has 0 saturated carbocycles. The first-order chi connectivity index (χ1) is 14.2. The van der Waals surface area contributed by atoms with Crippen LogP contribution in [0.2, 0.25) is 0 Å². The van der Waals surface area contributed by atoms with Crippen molar-refractivity contribution in [2.75, 3.05) is 39.4 Å². The first kappa shape index (κ1) is 19.4. The van der Waals surface area contributed by atoms with E-state index in [0.29, 0.717) is 6.54 Å². The highest BCUT2D eigenvalue weighted by Crippen LogP contribution is 2.38. The van der Waals surface area contributed by atoms with Gasteiger partial charge in [0, 0.05) is 13.0 Å². The molecule has 1 saturated heterocycles. The molecule has 1 aromatic carbocycles. The average molecular weight is 397 g/mol. The number of morpholine rings is 1. The lowest BCUT2D eigenvalue weighted by Gasteiger charge is -2.28. The highest BCUT2D eigenvalue weighted by molar-refractivity contribution is 6.14. The molecule has 1 amide bonds. The smallest absolute Gasteiger partial charge is 0.290 e. The minimum Gasteiger partial charge on any atom is -0.503 e. The van der Waals surface area contributed by atoms with Crippen molar-refractivity contribution in [2.45, 2.75) is 12.5 Å². The Labute approximate surface area is 169 Å². The van der Waals surface area contributed by atoms with Crippen LogP contribution >= 0.6 is 0 Å². The summed E-state index contributed by atoms with van der Waals surface area (Å²) in [5.41, 5.74) is 0.869. The zero-order valence-electron chi connectivity index (χ0n) is 16.2. The predicted octanol–water partition coefficient (Wildman–Crippen LogP) is 1.16. The summed E-state index contributed by atoms with van der Waals surface area (Å²) in [5, 5.41) is 10.6. The number of quaternary nitrogens is 1. The first-order valence-corrected chi connectivity index (χ1v) is 9.95. The van der Waals surface area contributed by atoms with Crippen molar-refractivity contribution < 1.29 is 28.7 Å². The Kier molecular flexibility index (Phi) is 5.78. The molecule has 2 aromatic rings. The van der Waals surface area contributed by atoms with E-state index in [1.807, 2.05) is 30.3 Å². The largest absolute Gasteiger partial charge is 0.503 e. The van der Waals surface area contributed by atoms with E-state index >= 15 is 0 Å². The highest BCUT2D eigenvalue weighted by Gasteiger charge is 2.44. The number of aliphatic hydroxyl groups excluding tert-OH is 1. The maximum atomic E-state index is 13.0. The van der Waals surface area contributed by atoms with E-state index in [1.54, 1.807) is 17.0 Å². The number of ketones is 1. The summed E-state index contributed by atoms with van der Waals surface area (Å²) >= 11 is 0. The van der Waals surface area contributed by atoms with Crippen LogP contribution in [-0.2, 0) is 9.53 Å². The van der Waals surface area contributed by atoms with Gasteiger partial charge in [-0.15, -0.1) is 0 Å². The standard InChI is InChI=1S/C22H24N2O5/c25-20(17-8-4-13-29-17)18-19(16-6-2-1-3-7-16)24(22(27)21(18)26)10-5-9-23-11-14-28-15-12-23/h1-4,6-8,13,19,26H,5,9-12,14-15H2/p+1/t19-/m1/s1. The van der Waals surface area contributed by atoms with Crippen LogP contribution in [0.15, 0.2) is 64.5 Å². The molecule has 2 N–H and O–H groups in total. The lowest BCUT2D eigenvalue weighted by atomic mass is 9.95. The molecule has 7 nitrogen and oxygen atoms in total. The van der Waals surface area contributed by atoms with E-state index < -0.39 is 23.5 Å². The van der Waals surface area contributed by atoms with E-state index in [4.69, 9.17) is 9.15 Å². The maximum Gasteiger partial charge on any atom is 0.290 e. The van der Waals surface area contributed by atoms with Gasteiger partial charge in [0.05, 0.1) is 37.6 Å². The fourth-order valence-corrected chi connectivity index (χ4v) is 4.05. The summed E-state index contributed by atoms with van der Waals surface area (Å²) in [4.78, 5) is 28.9. The third-order valence-electron chi connectivity index (χ3n) is 5.54. The number of aliphatic hydroxyl groups is 1. The molecule has 3 heterocycles. The fourth-order valence-electron chi connectivity index (χ4n) is 4.05. The number of rotatable bonds is 7. The molecule has 0 aliphatic carbocycles. The number of nitrogens with one attached hydrogen (secondary N) is 1. The van der Waals surface area contributed by atoms with Crippen molar-refractivity contribution in [3.05, 3.63) is 71.4 Å². The normalized spacial score (nSPS) is 20.5. The molecule has 29 heavy (non-hydrogen) atoms. The Hall–Kier alpha value is -2.90. The number of amides is 1. The molecule has 1 aromatic heterocycles. The SMILES string of the molecule is O=C(C1=C(O)C(=O)N(CCC[NH+]2CCOCC2)[C@@H]1c1ccccc1)c1ccco1. The Morgan fingerprint density at radius 1 is 1.14 bits per heavy atom. The molecule has 7 heteroatoms. The number of hydrogen-bond donors (Lipinski definition) is 2. The van der Waals surface area contributed by atoms with E-state index in [1.165, 1.54) is 11.2 Å². The fraction of sp³-hybridized carbons (Fsp3) is 0.364. The summed E-state index contributed by atoms with van der Waals surface area (Å²) in [6, 6.07) is 11.9. The van der Waals surface area contributed by atoms with Crippen LogP contribution in [0.4, 0.5) is 0 Å². The lowest BCUT2D eigenvalue weighted by Crippen LogP contribution is -3.14. The van der Waals surface area contributed by atoms with Gasteiger partial charge in [-0.3, -0.25) is 9.59 Å². The van der Waals surface area contributed by atoms with E-state index in [0.717, 1.165) is 44.8 Å². The summed E-state index contributed by atoms with van der Waals surface area (Å²) in [7, 11) is 0. The summed E-state index contributed by atoms with van der Waals surface area (Å²) < 4.78 is 10.6. The summed E-state index contributed by atoms with van der Waals surface area (Å²) in [6.45, 7) is 4.81. The second-order valence-corrected chi connectivity index (χ2v) is 7.35. The number of carbonyl (C=O) groups is 2. The lowest BCUT2D eigenvalue weighted by molar-refractivity contribution is -0.908. The van der Waals surface area contributed by atoms with E-state index in [2.05, 4.69) is 0 Å². The van der Waals surface area contributed by atoms with Gasteiger partial charge in [0.1, 0.15) is 13.1 Å². The molecule has 2 aliphatic rings. The van der Waals surface area contributed by atoms with E-state index in [-0.39, 0.29) is 11.3 Å². The molecule has 0 spiro atoms. The van der Waals surface area contributed by atoms with Crippen LogP contribution in [-0.4, -0.2) is 61.1 Å². The van der Waals surface area contributed by atoms with Crippen molar-refractivity contribution in [2.24, 2.45) is 0 Å². The molecular weight excluding hydrogens is 372 g/mol. The Balaban J connectivity index is 1.57. The molecule has 152 valence electrons. The molecule has 1 fully saturated rings. The Morgan fingerprint density at radius 3 is 2.59 bits per heavy atom. The number of furan rings is 1. The second kappa shape index (κ2) is 8.63. The number of benzene rings is 1. The van der Waals surface area contributed by atoms with Gasteiger partial charge >= 0.3 is 0 Å². The van der Waals surface area contributed by atoms with E-state index in [9.17, 15) is 14.7 Å². The maximum absolute atomic E-state index is 13.0. The third kappa shape index (κ3) is 3.97. The quantitative estimate of drug-likeness (QED) is 0.685. The zero-order chi connectivity index (χ0) is 20.2. The van der Waals surface area contributed by atoms with Gasteiger partial charge in [0.15, 0.2) is 11.5 Å². The number of Topliss-reactive ketones (excluding diaryl/α,β-unsaturated/α-hetero) is 1. The molecule has 0 unspecified atom stereocenters. The van der Waals surface area contributed by atoms with Gasteiger partial charge in [-0.2, -0.15) is 0 Å². The van der Waals surface area contributed by atoms with Gasteiger partial charge in [-0.1, -0.05) is 30.3 Å². The molecular formula is C22H25N2O5+. The van der Waals surface area contributed by atoms with Gasteiger partial charge in [0.2, 0.25) is 5.78 Å². The van der Waals surface area contributed by atoms with Crippen LogP contribution in [0.3, 0.4) is 0 Å². The predicted molar refractivity (Wildman–Crippen MR) is 105 cm³/mol. The van der Waals surface area contributed by atoms with Gasteiger partial charge in [-0.25, -0.2) is 0 Å². The summed E-state index contributed by atoms with van der Waals surface area (Å²) in [6.07, 6.45) is 2.18. The topological polar surface area (TPSA) is 84.4 Å². The van der Waals surface area contributed by atoms with Crippen molar-refractivity contribution in [1.29, 1.82) is 0 Å². The van der Waals surface area contributed by atoms with Crippen LogP contribution in [0.25, 0.3) is 0 Å².